The average molecular weight is 375 g/mol. The first-order valence-corrected chi connectivity index (χ1v) is 9.06. The lowest BCUT2D eigenvalue weighted by Gasteiger charge is -2.14. The smallest absolute Gasteiger partial charge is 0.245 e. The van der Waals surface area contributed by atoms with Crippen molar-refractivity contribution in [2.24, 2.45) is 5.92 Å². The summed E-state index contributed by atoms with van der Waals surface area (Å²) in [5.74, 6) is 1.29. The zero-order chi connectivity index (χ0) is 19.9. The number of nitrogens with zero attached hydrogens (tertiary/aromatic N) is 2. The van der Waals surface area contributed by atoms with Crippen LogP contribution in [-0.2, 0) is 9.59 Å². The number of hydrogen-bond acceptors (Lipinski definition) is 4. The van der Waals surface area contributed by atoms with E-state index in [1.54, 1.807) is 53.4 Å². The highest BCUT2D eigenvalue weighted by atomic mass is 16.5. The fourth-order valence-electron chi connectivity index (χ4n) is 3.14. The second-order valence-corrected chi connectivity index (χ2v) is 6.66. The quantitative estimate of drug-likeness (QED) is 0.780. The summed E-state index contributed by atoms with van der Waals surface area (Å²) in [6, 6.07) is 16.0. The minimum Gasteiger partial charge on any atom is -0.457 e. The van der Waals surface area contributed by atoms with Crippen molar-refractivity contribution in [1.82, 2.24) is 4.90 Å². The molecule has 0 saturated carbocycles. The minimum absolute atomic E-state index is 0.0707. The molecule has 1 atom stereocenters. The monoisotopic (exact) mass is 375 g/mol. The van der Waals surface area contributed by atoms with Crippen LogP contribution in [0.5, 0.6) is 11.5 Å². The van der Waals surface area contributed by atoms with Gasteiger partial charge in [0.2, 0.25) is 11.8 Å². The molecule has 2 aromatic carbocycles. The third-order valence-electron chi connectivity index (χ3n) is 4.60. The molecule has 2 aromatic rings. The largest absolute Gasteiger partial charge is 0.457 e. The maximum atomic E-state index is 12.3. The molecule has 1 N–H and O–H groups in total. The molecule has 0 bridgehead atoms. The van der Waals surface area contributed by atoms with Gasteiger partial charge in [-0.15, -0.1) is 0 Å². The Morgan fingerprint density at radius 2 is 1.82 bits per heavy atom. The number of rotatable bonds is 6. The number of carbonyl (C=O) groups excluding carboxylic acids is 2. The highest BCUT2D eigenvalue weighted by Gasteiger charge is 2.26. The van der Waals surface area contributed by atoms with Crippen LogP contribution in [0, 0.1) is 17.2 Å². The second kappa shape index (κ2) is 8.87. The maximum Gasteiger partial charge on any atom is 0.245 e. The highest BCUT2D eigenvalue weighted by Crippen LogP contribution is 2.24. The molecule has 0 radical (unpaired) electrons. The molecule has 1 fully saturated rings. The normalized spacial score (nSPS) is 15.5. The van der Waals surface area contributed by atoms with E-state index in [0.717, 1.165) is 6.42 Å². The Labute approximate surface area is 164 Å². The summed E-state index contributed by atoms with van der Waals surface area (Å²) in [4.78, 5) is 25.6. The lowest BCUT2D eigenvalue weighted by Crippen LogP contribution is -2.27. The van der Waals surface area contributed by atoms with Crippen molar-refractivity contribution in [3.63, 3.8) is 0 Å². The molecular weight excluding hydrogens is 354 g/mol. The molecular formula is C22H21N3O3. The zero-order valence-electron chi connectivity index (χ0n) is 15.4. The topological polar surface area (TPSA) is 82.4 Å². The Morgan fingerprint density at radius 1 is 1.18 bits per heavy atom. The van der Waals surface area contributed by atoms with E-state index in [1.807, 2.05) is 0 Å². The molecule has 1 aliphatic rings. The van der Waals surface area contributed by atoms with Gasteiger partial charge in [-0.1, -0.05) is 6.58 Å². The molecule has 6 nitrogen and oxygen atoms in total. The van der Waals surface area contributed by atoms with Gasteiger partial charge in [0.15, 0.2) is 0 Å². The molecule has 1 heterocycles. The number of amides is 2. The molecule has 142 valence electrons. The fraction of sp³-hybridized carbons (Fsp3) is 0.227. The van der Waals surface area contributed by atoms with Gasteiger partial charge in [-0.3, -0.25) is 9.59 Å². The molecule has 0 aliphatic carbocycles. The van der Waals surface area contributed by atoms with Crippen LogP contribution < -0.4 is 10.1 Å². The Morgan fingerprint density at radius 3 is 2.43 bits per heavy atom. The summed E-state index contributed by atoms with van der Waals surface area (Å²) in [7, 11) is 0. The van der Waals surface area contributed by atoms with E-state index < -0.39 is 0 Å². The van der Waals surface area contributed by atoms with Gasteiger partial charge in [-0.05, 0) is 66.9 Å². The summed E-state index contributed by atoms with van der Waals surface area (Å²) in [6.07, 6.45) is 2.51. The van der Waals surface area contributed by atoms with E-state index in [2.05, 4.69) is 18.0 Å². The van der Waals surface area contributed by atoms with Gasteiger partial charge in [-0.2, -0.15) is 5.26 Å². The number of benzene rings is 2. The Balaban J connectivity index is 1.49. The van der Waals surface area contributed by atoms with E-state index >= 15 is 0 Å². The highest BCUT2D eigenvalue weighted by molar-refractivity contribution is 5.91. The van der Waals surface area contributed by atoms with Gasteiger partial charge in [0.05, 0.1) is 11.6 Å². The van der Waals surface area contributed by atoms with Crippen molar-refractivity contribution < 1.29 is 14.3 Å². The van der Waals surface area contributed by atoms with E-state index in [4.69, 9.17) is 10.00 Å². The van der Waals surface area contributed by atoms with Crippen LogP contribution >= 0.6 is 0 Å². The van der Waals surface area contributed by atoms with Crippen LogP contribution in [-0.4, -0.2) is 29.8 Å². The first kappa shape index (κ1) is 19.2. The first-order chi connectivity index (χ1) is 13.6. The van der Waals surface area contributed by atoms with Crippen molar-refractivity contribution in [3.05, 3.63) is 66.7 Å². The first-order valence-electron chi connectivity index (χ1n) is 9.06. The fourth-order valence-corrected chi connectivity index (χ4v) is 3.14. The van der Waals surface area contributed by atoms with Crippen molar-refractivity contribution in [3.8, 4) is 17.6 Å². The van der Waals surface area contributed by atoms with Crippen molar-refractivity contribution in [2.45, 2.75) is 12.8 Å². The van der Waals surface area contributed by atoms with Crippen molar-refractivity contribution in [2.75, 3.05) is 18.4 Å². The lowest BCUT2D eigenvalue weighted by molar-refractivity contribution is -0.125. The van der Waals surface area contributed by atoms with Gasteiger partial charge in [0.25, 0.3) is 0 Å². The van der Waals surface area contributed by atoms with Gasteiger partial charge in [0.1, 0.15) is 11.5 Å². The standard InChI is InChI=1S/C22H21N3O3/c1-2-22(27)25-12-11-17(15-25)13-21(26)24-18-5-9-20(10-6-18)28-19-7-3-16(14-23)4-8-19/h2-10,17H,1,11-13,15H2,(H,24,26)/t17-/m0/s1. The second-order valence-electron chi connectivity index (χ2n) is 6.66. The number of hydrogen-bond donors (Lipinski definition) is 1. The third kappa shape index (κ3) is 4.98. The van der Waals surface area contributed by atoms with Gasteiger partial charge in [-0.25, -0.2) is 0 Å². The number of anilines is 1. The summed E-state index contributed by atoms with van der Waals surface area (Å²) in [5, 5.41) is 11.7. The van der Waals surface area contributed by atoms with E-state index in [-0.39, 0.29) is 17.7 Å². The van der Waals surface area contributed by atoms with Gasteiger partial charge < -0.3 is 15.0 Å². The van der Waals surface area contributed by atoms with Crippen LogP contribution in [0.3, 0.4) is 0 Å². The van der Waals surface area contributed by atoms with E-state index in [1.165, 1.54) is 6.08 Å². The molecule has 28 heavy (non-hydrogen) atoms. The number of carbonyl (C=O) groups is 2. The number of nitrogens with one attached hydrogen (secondary N) is 1. The Hall–Kier alpha value is -3.59. The Kier molecular flexibility index (Phi) is 6.07. The van der Waals surface area contributed by atoms with Crippen molar-refractivity contribution in [1.29, 1.82) is 5.26 Å². The van der Waals surface area contributed by atoms with Crippen LogP contribution in [0.25, 0.3) is 0 Å². The zero-order valence-corrected chi connectivity index (χ0v) is 15.4. The maximum absolute atomic E-state index is 12.3. The van der Waals surface area contributed by atoms with Gasteiger partial charge >= 0.3 is 0 Å². The van der Waals surface area contributed by atoms with Crippen LogP contribution in [0.2, 0.25) is 0 Å². The molecule has 6 heteroatoms. The summed E-state index contributed by atoms with van der Waals surface area (Å²) in [5.41, 5.74) is 1.26. The Bertz CT molecular complexity index is 898. The minimum atomic E-state index is -0.0826. The van der Waals surface area contributed by atoms with E-state index in [0.29, 0.717) is 42.3 Å². The number of ether oxygens (including phenoxy) is 1. The summed E-state index contributed by atoms with van der Waals surface area (Å²) < 4.78 is 5.72. The molecule has 0 unspecified atom stereocenters. The van der Waals surface area contributed by atoms with Crippen LogP contribution in [0.4, 0.5) is 5.69 Å². The molecule has 0 aromatic heterocycles. The SMILES string of the molecule is C=CC(=O)N1CC[C@@H](CC(=O)Nc2ccc(Oc3ccc(C#N)cc3)cc2)C1. The summed E-state index contributed by atoms with van der Waals surface area (Å²) in [6.45, 7) is 4.76. The molecule has 1 saturated heterocycles. The number of likely N-dealkylation sites (tertiary alicyclic amines) is 1. The lowest BCUT2D eigenvalue weighted by atomic mass is 10.0. The molecule has 2 amide bonds. The van der Waals surface area contributed by atoms with E-state index in [9.17, 15) is 9.59 Å². The molecule has 1 aliphatic heterocycles. The number of nitriles is 1. The predicted molar refractivity (Wildman–Crippen MR) is 106 cm³/mol. The molecule has 3 rings (SSSR count). The summed E-state index contributed by atoms with van der Waals surface area (Å²) >= 11 is 0. The predicted octanol–water partition coefficient (Wildman–Crippen LogP) is 3.71. The average Bonchev–Trinajstić information content (AvgIpc) is 3.17. The van der Waals surface area contributed by atoms with Crippen LogP contribution in [0.1, 0.15) is 18.4 Å². The van der Waals surface area contributed by atoms with Crippen molar-refractivity contribution >= 4 is 17.5 Å². The third-order valence-corrected chi connectivity index (χ3v) is 4.60. The molecule has 0 spiro atoms. The van der Waals surface area contributed by atoms with Crippen LogP contribution in [0.15, 0.2) is 61.2 Å². The van der Waals surface area contributed by atoms with Gasteiger partial charge in [0, 0.05) is 25.2 Å².